The minimum Gasteiger partial charge on any atom is -0.506 e. The van der Waals surface area contributed by atoms with Crippen molar-refractivity contribution in [3.05, 3.63) is 23.8 Å². The van der Waals surface area contributed by atoms with Gasteiger partial charge in [-0.05, 0) is 43.4 Å². The molecule has 2 amide bonds. The summed E-state index contributed by atoms with van der Waals surface area (Å²) in [6.45, 7) is 3.57. The van der Waals surface area contributed by atoms with Crippen molar-refractivity contribution in [3.8, 4) is 5.75 Å². The van der Waals surface area contributed by atoms with Crippen molar-refractivity contribution in [2.75, 3.05) is 18.4 Å². The summed E-state index contributed by atoms with van der Waals surface area (Å²) in [5.41, 5.74) is 0.205. The highest BCUT2D eigenvalue weighted by Gasteiger charge is 2.19. The summed E-state index contributed by atoms with van der Waals surface area (Å²) in [6, 6.07) is 3.62. The van der Waals surface area contributed by atoms with Gasteiger partial charge in [0.1, 0.15) is 5.75 Å². The smallest absolute Gasteiger partial charge is 0.335 e. The zero-order chi connectivity index (χ0) is 15.4. The third-order valence-corrected chi connectivity index (χ3v) is 3.79. The lowest BCUT2D eigenvalue weighted by molar-refractivity contribution is 0.0696. The Morgan fingerprint density at radius 2 is 2.05 bits per heavy atom. The molecule has 1 saturated heterocycles. The van der Waals surface area contributed by atoms with E-state index in [0.717, 1.165) is 25.3 Å². The first-order valence-electron chi connectivity index (χ1n) is 7.09. The van der Waals surface area contributed by atoms with E-state index in [-0.39, 0.29) is 23.0 Å². The van der Waals surface area contributed by atoms with Gasteiger partial charge < -0.3 is 20.4 Å². The maximum absolute atomic E-state index is 12.2. The van der Waals surface area contributed by atoms with Gasteiger partial charge in [0.25, 0.3) is 0 Å². The third-order valence-electron chi connectivity index (χ3n) is 3.79. The largest absolute Gasteiger partial charge is 0.506 e. The molecule has 0 radical (unpaired) electrons. The van der Waals surface area contributed by atoms with E-state index in [1.807, 2.05) is 0 Å². The molecule has 1 unspecified atom stereocenters. The average molecular weight is 292 g/mol. The van der Waals surface area contributed by atoms with Crippen LogP contribution in [0.15, 0.2) is 18.2 Å². The van der Waals surface area contributed by atoms with Crippen LogP contribution in [0.5, 0.6) is 5.75 Å². The van der Waals surface area contributed by atoms with Crippen LogP contribution in [-0.2, 0) is 0 Å². The Labute approximate surface area is 123 Å². The van der Waals surface area contributed by atoms with Crippen molar-refractivity contribution in [2.45, 2.75) is 26.2 Å². The van der Waals surface area contributed by atoms with Crippen LogP contribution in [0.2, 0.25) is 0 Å². The van der Waals surface area contributed by atoms with E-state index in [0.29, 0.717) is 19.0 Å². The van der Waals surface area contributed by atoms with Crippen molar-refractivity contribution >= 4 is 17.7 Å². The molecule has 1 aromatic rings. The Kier molecular flexibility index (Phi) is 4.67. The molecule has 114 valence electrons. The van der Waals surface area contributed by atoms with Gasteiger partial charge in [-0.3, -0.25) is 0 Å². The number of hydrogen-bond acceptors (Lipinski definition) is 3. The number of phenolic OH excluding ortho intramolecular Hbond substituents is 1. The molecule has 0 saturated carbocycles. The van der Waals surface area contributed by atoms with Gasteiger partial charge in [0, 0.05) is 13.1 Å². The average Bonchev–Trinajstić information content (AvgIpc) is 2.65. The van der Waals surface area contributed by atoms with Crippen LogP contribution in [0.4, 0.5) is 10.5 Å². The number of nitrogens with one attached hydrogen (secondary N) is 1. The Morgan fingerprint density at radius 3 is 2.71 bits per heavy atom. The summed E-state index contributed by atoms with van der Waals surface area (Å²) in [6.07, 6.45) is 3.05. The fourth-order valence-electron chi connectivity index (χ4n) is 2.43. The van der Waals surface area contributed by atoms with E-state index in [2.05, 4.69) is 12.2 Å². The monoisotopic (exact) mass is 292 g/mol. The highest BCUT2D eigenvalue weighted by atomic mass is 16.4. The standard InChI is InChI=1S/C15H20N2O4/c1-10-3-2-7-17(8-6-10)15(21)16-12-5-4-11(14(19)20)9-13(12)18/h4-5,9-10,18H,2-3,6-8H2,1H3,(H,16,21)(H,19,20). The third kappa shape index (κ3) is 3.87. The number of carboxylic acid groups (broad SMARTS) is 1. The molecule has 21 heavy (non-hydrogen) atoms. The van der Waals surface area contributed by atoms with Crippen LogP contribution >= 0.6 is 0 Å². The second kappa shape index (κ2) is 6.47. The number of benzene rings is 1. The maximum atomic E-state index is 12.2. The van der Waals surface area contributed by atoms with Crippen molar-refractivity contribution in [1.82, 2.24) is 4.90 Å². The highest BCUT2D eigenvalue weighted by molar-refractivity contribution is 5.93. The van der Waals surface area contributed by atoms with Crippen LogP contribution in [0.25, 0.3) is 0 Å². The minimum atomic E-state index is -1.12. The Balaban J connectivity index is 2.03. The lowest BCUT2D eigenvalue weighted by atomic mass is 10.0. The van der Waals surface area contributed by atoms with E-state index < -0.39 is 5.97 Å². The van der Waals surface area contributed by atoms with Crippen LogP contribution in [-0.4, -0.2) is 40.2 Å². The molecule has 3 N–H and O–H groups in total. The van der Waals surface area contributed by atoms with Gasteiger partial charge in [-0.15, -0.1) is 0 Å². The normalized spacial score (nSPS) is 18.9. The fourth-order valence-corrected chi connectivity index (χ4v) is 2.43. The predicted molar refractivity (Wildman–Crippen MR) is 78.7 cm³/mol. The summed E-state index contributed by atoms with van der Waals surface area (Å²) < 4.78 is 0. The second-order valence-electron chi connectivity index (χ2n) is 5.49. The molecule has 1 aromatic carbocycles. The molecular formula is C15H20N2O4. The Hall–Kier alpha value is -2.24. The summed E-state index contributed by atoms with van der Waals surface area (Å²) in [4.78, 5) is 24.7. The molecule has 0 bridgehead atoms. The molecule has 6 nitrogen and oxygen atoms in total. The van der Waals surface area contributed by atoms with E-state index in [1.54, 1.807) is 4.90 Å². The molecule has 0 aliphatic carbocycles. The number of nitrogens with zero attached hydrogens (tertiary/aromatic N) is 1. The summed E-state index contributed by atoms with van der Waals surface area (Å²) >= 11 is 0. The van der Waals surface area contributed by atoms with Crippen LogP contribution in [0, 0.1) is 5.92 Å². The van der Waals surface area contributed by atoms with E-state index >= 15 is 0 Å². The zero-order valence-corrected chi connectivity index (χ0v) is 12.0. The molecule has 0 spiro atoms. The molecule has 1 heterocycles. The van der Waals surface area contributed by atoms with E-state index in [4.69, 9.17) is 5.11 Å². The van der Waals surface area contributed by atoms with Crippen molar-refractivity contribution < 1.29 is 19.8 Å². The lowest BCUT2D eigenvalue weighted by Gasteiger charge is -2.21. The number of amides is 2. The molecule has 0 aromatic heterocycles. The molecule has 1 aliphatic rings. The summed E-state index contributed by atoms with van der Waals surface area (Å²) in [5.74, 6) is -0.748. The van der Waals surface area contributed by atoms with Crippen molar-refractivity contribution in [1.29, 1.82) is 0 Å². The van der Waals surface area contributed by atoms with E-state index in [1.165, 1.54) is 12.1 Å². The van der Waals surface area contributed by atoms with Gasteiger partial charge in [-0.2, -0.15) is 0 Å². The van der Waals surface area contributed by atoms with Gasteiger partial charge >= 0.3 is 12.0 Å². The van der Waals surface area contributed by atoms with Gasteiger partial charge in [0.2, 0.25) is 0 Å². The van der Waals surface area contributed by atoms with Crippen molar-refractivity contribution in [2.24, 2.45) is 5.92 Å². The van der Waals surface area contributed by atoms with E-state index in [9.17, 15) is 14.7 Å². The quantitative estimate of drug-likeness (QED) is 0.731. The van der Waals surface area contributed by atoms with Crippen molar-refractivity contribution in [3.63, 3.8) is 0 Å². The number of hydrogen-bond donors (Lipinski definition) is 3. The van der Waals surface area contributed by atoms with Crippen LogP contribution in [0.1, 0.15) is 36.5 Å². The highest BCUT2D eigenvalue weighted by Crippen LogP contribution is 2.25. The topological polar surface area (TPSA) is 89.9 Å². The van der Waals surface area contributed by atoms with Crippen LogP contribution < -0.4 is 5.32 Å². The SMILES string of the molecule is CC1CCCN(C(=O)Nc2ccc(C(=O)O)cc2O)CC1. The Morgan fingerprint density at radius 1 is 1.29 bits per heavy atom. The molecule has 1 aliphatic heterocycles. The molecular weight excluding hydrogens is 272 g/mol. The first kappa shape index (κ1) is 15.2. The minimum absolute atomic E-state index is 0.0194. The second-order valence-corrected chi connectivity index (χ2v) is 5.49. The number of urea groups is 1. The number of anilines is 1. The molecule has 1 fully saturated rings. The first-order valence-corrected chi connectivity index (χ1v) is 7.09. The van der Waals surface area contributed by atoms with Gasteiger partial charge in [0.15, 0.2) is 0 Å². The molecule has 6 heteroatoms. The van der Waals surface area contributed by atoms with Gasteiger partial charge in [0.05, 0.1) is 11.3 Å². The van der Waals surface area contributed by atoms with Crippen LogP contribution in [0.3, 0.4) is 0 Å². The number of phenols is 1. The number of aromatic carboxylic acids is 1. The van der Waals surface area contributed by atoms with Gasteiger partial charge in [-0.25, -0.2) is 9.59 Å². The molecule has 2 rings (SSSR count). The zero-order valence-electron chi connectivity index (χ0n) is 12.0. The van der Waals surface area contributed by atoms with Gasteiger partial charge in [-0.1, -0.05) is 6.92 Å². The number of carbonyl (C=O) groups is 2. The summed E-state index contributed by atoms with van der Waals surface area (Å²) in [7, 11) is 0. The lowest BCUT2D eigenvalue weighted by Crippen LogP contribution is -2.35. The number of carbonyl (C=O) groups excluding carboxylic acids is 1. The first-order chi connectivity index (χ1) is 9.97. The molecule has 1 atom stereocenters. The number of rotatable bonds is 2. The number of aromatic hydroxyl groups is 1. The predicted octanol–water partition coefficient (Wildman–Crippen LogP) is 2.74. The number of carboxylic acids is 1. The maximum Gasteiger partial charge on any atom is 0.335 e. The number of likely N-dealkylation sites (tertiary alicyclic amines) is 1. The fraction of sp³-hybridized carbons (Fsp3) is 0.467. The summed E-state index contributed by atoms with van der Waals surface area (Å²) in [5, 5.41) is 21.3. The Bertz CT molecular complexity index is 544.